The van der Waals surface area contributed by atoms with E-state index in [1.165, 1.54) is 6.42 Å². The second-order valence-corrected chi connectivity index (χ2v) is 5.69. The van der Waals surface area contributed by atoms with Gasteiger partial charge in [-0.2, -0.15) is 5.10 Å². The van der Waals surface area contributed by atoms with Gasteiger partial charge in [0.05, 0.1) is 26.0 Å². The molecule has 1 saturated heterocycles. The fraction of sp³-hybridized carbons (Fsp3) is 0.750. The number of ether oxygens (including phenoxy) is 2. The Hall–Kier alpha value is -0.870. The molecule has 0 saturated carbocycles. The molecular formula is C16H30IN5O2. The molecule has 138 valence electrons. The van der Waals surface area contributed by atoms with E-state index in [2.05, 4.69) is 27.2 Å². The van der Waals surface area contributed by atoms with Crippen LogP contribution in [0.1, 0.15) is 31.4 Å². The molecule has 0 spiro atoms. The van der Waals surface area contributed by atoms with Crippen molar-refractivity contribution in [3.63, 3.8) is 0 Å². The lowest BCUT2D eigenvalue weighted by molar-refractivity contribution is -0.00814. The average Bonchev–Trinajstić information content (AvgIpc) is 3.01. The zero-order chi connectivity index (χ0) is 16.5. The summed E-state index contributed by atoms with van der Waals surface area (Å²) in [4.78, 5) is 6.61. The van der Waals surface area contributed by atoms with Gasteiger partial charge in [-0.1, -0.05) is 13.3 Å². The highest BCUT2D eigenvalue weighted by molar-refractivity contribution is 14.0. The standard InChI is InChI=1S/C16H29N5O2.HI/c1-4-5-8-22-9-6-18-16(17-2)21-7-10-23-15(13-21)14-11-19-20(3)12-14;/h11-12,15H,4-10,13H2,1-3H3,(H,17,18);1H. The van der Waals surface area contributed by atoms with Crippen molar-refractivity contribution >= 4 is 29.9 Å². The van der Waals surface area contributed by atoms with E-state index in [-0.39, 0.29) is 30.1 Å². The van der Waals surface area contributed by atoms with Crippen molar-refractivity contribution in [1.82, 2.24) is 20.0 Å². The summed E-state index contributed by atoms with van der Waals surface area (Å²) in [5, 5.41) is 7.59. The number of morpholine rings is 1. The van der Waals surface area contributed by atoms with Crippen molar-refractivity contribution < 1.29 is 9.47 Å². The molecule has 1 fully saturated rings. The molecule has 0 amide bonds. The first kappa shape index (κ1) is 21.2. The van der Waals surface area contributed by atoms with E-state index in [1.807, 2.05) is 26.5 Å². The number of aromatic nitrogens is 2. The largest absolute Gasteiger partial charge is 0.380 e. The number of nitrogens with zero attached hydrogens (tertiary/aromatic N) is 4. The number of unbranched alkanes of at least 4 members (excludes halogenated alkanes) is 1. The predicted octanol–water partition coefficient (Wildman–Crippen LogP) is 1.80. The van der Waals surface area contributed by atoms with Crippen LogP contribution in [0.4, 0.5) is 0 Å². The SMILES string of the molecule is CCCCOCCNC(=NC)N1CCOC(c2cnn(C)c2)C1.I. The molecule has 8 heteroatoms. The molecule has 2 heterocycles. The first-order valence-electron chi connectivity index (χ1n) is 8.38. The molecule has 0 aliphatic carbocycles. The first-order valence-corrected chi connectivity index (χ1v) is 8.38. The van der Waals surface area contributed by atoms with Crippen molar-refractivity contribution in [2.24, 2.45) is 12.0 Å². The van der Waals surface area contributed by atoms with Gasteiger partial charge < -0.3 is 19.7 Å². The van der Waals surface area contributed by atoms with Gasteiger partial charge in [0.15, 0.2) is 5.96 Å². The summed E-state index contributed by atoms with van der Waals surface area (Å²) in [5.41, 5.74) is 1.11. The van der Waals surface area contributed by atoms with Crippen molar-refractivity contribution in [3.8, 4) is 0 Å². The maximum Gasteiger partial charge on any atom is 0.193 e. The van der Waals surface area contributed by atoms with Gasteiger partial charge in [0.1, 0.15) is 6.10 Å². The molecule has 1 N–H and O–H groups in total. The second kappa shape index (κ2) is 11.6. The topological polar surface area (TPSA) is 63.9 Å². The molecule has 1 aromatic rings. The summed E-state index contributed by atoms with van der Waals surface area (Å²) >= 11 is 0. The number of rotatable bonds is 7. The van der Waals surface area contributed by atoms with Gasteiger partial charge in [0.2, 0.25) is 0 Å². The molecule has 7 nitrogen and oxygen atoms in total. The van der Waals surface area contributed by atoms with E-state index in [9.17, 15) is 0 Å². The summed E-state index contributed by atoms with van der Waals surface area (Å²) in [6.45, 7) is 6.78. The van der Waals surface area contributed by atoms with Gasteiger partial charge in [-0.25, -0.2) is 0 Å². The molecule has 1 aliphatic heterocycles. The van der Waals surface area contributed by atoms with Gasteiger partial charge in [-0.15, -0.1) is 24.0 Å². The highest BCUT2D eigenvalue weighted by Gasteiger charge is 2.24. The molecular weight excluding hydrogens is 421 g/mol. The Morgan fingerprint density at radius 2 is 2.33 bits per heavy atom. The highest BCUT2D eigenvalue weighted by Crippen LogP contribution is 2.21. The number of aryl methyl sites for hydroxylation is 1. The van der Waals surface area contributed by atoms with E-state index >= 15 is 0 Å². The van der Waals surface area contributed by atoms with Crippen molar-refractivity contribution in [3.05, 3.63) is 18.0 Å². The van der Waals surface area contributed by atoms with Crippen LogP contribution in [0.15, 0.2) is 17.4 Å². The minimum atomic E-state index is 0. The zero-order valence-electron chi connectivity index (χ0n) is 14.9. The summed E-state index contributed by atoms with van der Waals surface area (Å²) in [7, 11) is 3.73. The molecule has 1 aliphatic rings. The molecule has 1 aromatic heterocycles. The van der Waals surface area contributed by atoms with Crippen molar-refractivity contribution in [2.75, 3.05) is 46.5 Å². The summed E-state index contributed by atoms with van der Waals surface area (Å²) in [6.07, 6.45) is 6.19. The third-order valence-electron chi connectivity index (χ3n) is 3.85. The van der Waals surface area contributed by atoms with Crippen LogP contribution in [0.3, 0.4) is 0 Å². The molecule has 24 heavy (non-hydrogen) atoms. The Labute approximate surface area is 161 Å². The summed E-state index contributed by atoms with van der Waals surface area (Å²) < 4.78 is 13.3. The van der Waals surface area contributed by atoms with Crippen LogP contribution in [0.5, 0.6) is 0 Å². The van der Waals surface area contributed by atoms with Crippen LogP contribution in [0.25, 0.3) is 0 Å². The summed E-state index contributed by atoms with van der Waals surface area (Å²) in [5.74, 6) is 0.904. The number of hydrogen-bond acceptors (Lipinski definition) is 4. The fourth-order valence-electron chi connectivity index (χ4n) is 2.57. The Bertz CT molecular complexity index is 495. The lowest BCUT2D eigenvalue weighted by atomic mass is 10.1. The minimum Gasteiger partial charge on any atom is -0.380 e. The number of guanidine groups is 1. The van der Waals surface area contributed by atoms with Gasteiger partial charge in [-0.05, 0) is 6.42 Å². The fourth-order valence-corrected chi connectivity index (χ4v) is 2.57. The molecule has 0 bridgehead atoms. The van der Waals surface area contributed by atoms with Crippen molar-refractivity contribution in [1.29, 1.82) is 0 Å². The maximum atomic E-state index is 5.87. The third kappa shape index (κ3) is 6.56. The smallest absolute Gasteiger partial charge is 0.193 e. The third-order valence-corrected chi connectivity index (χ3v) is 3.85. The predicted molar refractivity (Wildman–Crippen MR) is 106 cm³/mol. The Morgan fingerprint density at radius 3 is 3.00 bits per heavy atom. The van der Waals surface area contributed by atoms with Gasteiger partial charge in [0.25, 0.3) is 0 Å². The van der Waals surface area contributed by atoms with E-state index in [1.54, 1.807) is 4.68 Å². The maximum absolute atomic E-state index is 5.87. The molecule has 0 aromatic carbocycles. The number of nitrogens with one attached hydrogen (secondary N) is 1. The van der Waals surface area contributed by atoms with Crippen LogP contribution in [0, 0.1) is 0 Å². The van der Waals surface area contributed by atoms with Crippen LogP contribution in [-0.2, 0) is 16.5 Å². The molecule has 2 rings (SSSR count). The van der Waals surface area contributed by atoms with E-state index in [0.29, 0.717) is 13.2 Å². The lowest BCUT2D eigenvalue weighted by Gasteiger charge is -2.34. The highest BCUT2D eigenvalue weighted by atomic mass is 127. The first-order chi connectivity index (χ1) is 11.2. The molecule has 0 radical (unpaired) electrons. The van der Waals surface area contributed by atoms with E-state index in [4.69, 9.17) is 9.47 Å². The molecule has 1 atom stereocenters. The Balaban J connectivity index is 0.00000288. The van der Waals surface area contributed by atoms with Gasteiger partial charge in [-0.3, -0.25) is 9.67 Å². The van der Waals surface area contributed by atoms with Crippen LogP contribution in [0.2, 0.25) is 0 Å². The summed E-state index contributed by atoms with van der Waals surface area (Å²) in [6, 6.07) is 0. The normalized spacial score (nSPS) is 18.4. The van der Waals surface area contributed by atoms with Crippen molar-refractivity contribution in [2.45, 2.75) is 25.9 Å². The van der Waals surface area contributed by atoms with Crippen LogP contribution in [-0.4, -0.2) is 67.1 Å². The lowest BCUT2D eigenvalue weighted by Crippen LogP contribution is -2.48. The van der Waals surface area contributed by atoms with Gasteiger partial charge in [0, 0.05) is 45.6 Å². The Kier molecular flexibility index (Phi) is 10.3. The van der Waals surface area contributed by atoms with E-state index < -0.39 is 0 Å². The minimum absolute atomic E-state index is 0. The average molecular weight is 451 g/mol. The van der Waals surface area contributed by atoms with Gasteiger partial charge >= 0.3 is 0 Å². The number of halogens is 1. The number of hydrogen-bond donors (Lipinski definition) is 1. The van der Waals surface area contributed by atoms with Crippen LogP contribution >= 0.6 is 24.0 Å². The van der Waals surface area contributed by atoms with Crippen LogP contribution < -0.4 is 5.32 Å². The molecule has 1 unspecified atom stereocenters. The number of aliphatic imine (C=N–C) groups is 1. The monoisotopic (exact) mass is 451 g/mol. The van der Waals surface area contributed by atoms with E-state index in [0.717, 1.165) is 44.2 Å². The zero-order valence-corrected chi connectivity index (χ0v) is 17.2. The second-order valence-electron chi connectivity index (χ2n) is 5.69. The quantitative estimate of drug-likeness (QED) is 0.297. The Morgan fingerprint density at radius 1 is 1.50 bits per heavy atom.